The molecule has 0 saturated carbocycles. The molecule has 0 spiro atoms. The third-order valence-electron chi connectivity index (χ3n) is 4.22. The van der Waals surface area contributed by atoms with E-state index >= 15 is 0 Å². The van der Waals surface area contributed by atoms with Crippen molar-refractivity contribution in [1.29, 1.82) is 0 Å². The predicted octanol–water partition coefficient (Wildman–Crippen LogP) is 1.12. The number of hydrogen-bond acceptors (Lipinski definition) is 7. The van der Waals surface area contributed by atoms with Gasteiger partial charge in [0, 0.05) is 11.8 Å². The molecule has 2 saturated heterocycles. The van der Waals surface area contributed by atoms with Crippen molar-refractivity contribution in [3.63, 3.8) is 0 Å². The average molecular weight is 341 g/mol. The lowest BCUT2D eigenvalue weighted by Crippen LogP contribution is -2.48. The molecule has 2 aliphatic rings. The minimum absolute atomic E-state index is 0.0712. The van der Waals surface area contributed by atoms with Crippen molar-refractivity contribution >= 4 is 23.9 Å². The topological polar surface area (TPSA) is 99.2 Å². The molecule has 0 bridgehead atoms. The molecule has 24 heavy (non-hydrogen) atoms. The van der Waals surface area contributed by atoms with Crippen LogP contribution in [-0.4, -0.2) is 54.2 Å². The summed E-state index contributed by atoms with van der Waals surface area (Å²) in [6.45, 7) is 6.81. The van der Waals surface area contributed by atoms with Crippen LogP contribution in [0.25, 0.3) is 0 Å². The van der Waals surface area contributed by atoms with Crippen LogP contribution in [0.15, 0.2) is 0 Å². The molecule has 2 amide bonds. The largest absolute Gasteiger partial charge is 0.467 e. The number of likely N-dealkylation sites (tertiary alicyclic amines) is 1. The van der Waals surface area contributed by atoms with Crippen molar-refractivity contribution in [2.45, 2.75) is 45.8 Å². The van der Waals surface area contributed by atoms with Crippen LogP contribution in [0.5, 0.6) is 0 Å². The molecular weight excluding hydrogens is 318 g/mol. The number of ether oxygens (including phenoxy) is 3. The van der Waals surface area contributed by atoms with Gasteiger partial charge in [0.25, 0.3) is 0 Å². The Morgan fingerprint density at radius 3 is 2.42 bits per heavy atom. The van der Waals surface area contributed by atoms with Crippen LogP contribution in [0, 0.1) is 17.8 Å². The third-order valence-corrected chi connectivity index (χ3v) is 4.22. The highest BCUT2D eigenvalue weighted by molar-refractivity contribution is 6.02. The molecule has 8 nitrogen and oxygen atoms in total. The number of esters is 2. The number of cyclic esters (lactones) is 1. The summed E-state index contributed by atoms with van der Waals surface area (Å²) < 4.78 is 15.1. The number of carbonyl (C=O) groups is 4. The summed E-state index contributed by atoms with van der Waals surface area (Å²) in [7, 11) is 1.17. The summed E-state index contributed by atoms with van der Waals surface area (Å²) in [5.41, 5.74) is -0.826. The molecule has 2 rings (SSSR count). The Morgan fingerprint density at radius 1 is 1.25 bits per heavy atom. The van der Waals surface area contributed by atoms with Gasteiger partial charge < -0.3 is 14.2 Å². The minimum Gasteiger partial charge on any atom is -0.467 e. The van der Waals surface area contributed by atoms with E-state index in [1.165, 1.54) is 7.11 Å². The summed E-state index contributed by atoms with van der Waals surface area (Å²) in [5, 5.41) is 0. The van der Waals surface area contributed by atoms with Crippen LogP contribution in [-0.2, 0) is 28.6 Å². The molecule has 0 N–H and O–H groups in total. The van der Waals surface area contributed by atoms with Crippen molar-refractivity contribution in [2.75, 3.05) is 13.7 Å². The van der Waals surface area contributed by atoms with Crippen LogP contribution in [0.1, 0.15) is 34.1 Å². The monoisotopic (exact) mass is 341 g/mol. The summed E-state index contributed by atoms with van der Waals surface area (Å²) in [4.78, 5) is 50.2. The van der Waals surface area contributed by atoms with Crippen molar-refractivity contribution in [1.82, 2.24) is 4.90 Å². The molecule has 0 aromatic carbocycles. The lowest BCUT2D eigenvalue weighted by Gasteiger charge is -2.27. The number of rotatable bonds is 1. The molecule has 2 heterocycles. The van der Waals surface area contributed by atoms with E-state index in [9.17, 15) is 19.2 Å². The second-order valence-electron chi connectivity index (χ2n) is 7.21. The molecule has 0 unspecified atom stereocenters. The van der Waals surface area contributed by atoms with Gasteiger partial charge in [-0.1, -0.05) is 6.92 Å². The Bertz CT molecular complexity index is 565. The zero-order valence-corrected chi connectivity index (χ0v) is 14.5. The van der Waals surface area contributed by atoms with Crippen LogP contribution >= 0.6 is 0 Å². The van der Waals surface area contributed by atoms with Gasteiger partial charge in [-0.3, -0.25) is 9.59 Å². The summed E-state index contributed by atoms with van der Waals surface area (Å²) in [6.07, 6.45) is -1.03. The fourth-order valence-electron chi connectivity index (χ4n) is 3.27. The highest BCUT2D eigenvalue weighted by Gasteiger charge is 2.58. The zero-order valence-electron chi connectivity index (χ0n) is 14.5. The molecular formula is C16H23NO7. The highest BCUT2D eigenvalue weighted by Crippen LogP contribution is 2.41. The van der Waals surface area contributed by atoms with E-state index in [2.05, 4.69) is 0 Å². The average Bonchev–Trinajstić information content (AvgIpc) is 2.65. The smallest absolute Gasteiger partial charge is 0.417 e. The lowest BCUT2D eigenvalue weighted by atomic mass is 9.81. The quantitative estimate of drug-likeness (QED) is 0.520. The highest BCUT2D eigenvalue weighted by atomic mass is 16.6. The Kier molecular flexibility index (Phi) is 4.87. The molecule has 8 heteroatoms. The zero-order chi connectivity index (χ0) is 18.2. The lowest BCUT2D eigenvalue weighted by molar-refractivity contribution is -0.151. The van der Waals surface area contributed by atoms with Crippen LogP contribution in [0.4, 0.5) is 4.79 Å². The van der Waals surface area contributed by atoms with E-state index in [4.69, 9.17) is 14.2 Å². The van der Waals surface area contributed by atoms with E-state index in [1.807, 2.05) is 0 Å². The van der Waals surface area contributed by atoms with Gasteiger partial charge >= 0.3 is 18.0 Å². The Balaban J connectivity index is 2.42. The van der Waals surface area contributed by atoms with E-state index in [1.54, 1.807) is 27.7 Å². The van der Waals surface area contributed by atoms with Gasteiger partial charge in [0.15, 0.2) is 0 Å². The maximum Gasteiger partial charge on any atom is 0.417 e. The Morgan fingerprint density at radius 2 is 1.88 bits per heavy atom. The van der Waals surface area contributed by atoms with E-state index < -0.39 is 47.4 Å². The second kappa shape index (κ2) is 6.41. The van der Waals surface area contributed by atoms with Crippen molar-refractivity contribution in [3.8, 4) is 0 Å². The maximum atomic E-state index is 12.8. The molecule has 0 aromatic heterocycles. The Hall–Kier alpha value is -2.12. The van der Waals surface area contributed by atoms with Gasteiger partial charge in [-0.05, 0) is 20.8 Å². The SMILES string of the molecule is COC(=O)[C@@H]1[C@H]2CC(=O)OC[C@H](C)[C@H]2C(=O)N1C(=O)OC(C)(C)C. The molecule has 4 atom stereocenters. The molecule has 2 aliphatic heterocycles. The summed E-state index contributed by atoms with van der Waals surface area (Å²) in [6, 6.07) is -1.18. The molecule has 0 aromatic rings. The summed E-state index contributed by atoms with van der Waals surface area (Å²) >= 11 is 0. The number of imide groups is 1. The van der Waals surface area contributed by atoms with E-state index in [0.717, 1.165) is 4.90 Å². The van der Waals surface area contributed by atoms with Gasteiger partial charge in [-0.2, -0.15) is 0 Å². The second-order valence-corrected chi connectivity index (χ2v) is 7.21. The van der Waals surface area contributed by atoms with Crippen molar-refractivity contribution < 1.29 is 33.4 Å². The van der Waals surface area contributed by atoms with Gasteiger partial charge in [0.05, 0.1) is 26.1 Å². The number of methoxy groups -OCH3 is 1. The first-order valence-electron chi connectivity index (χ1n) is 7.86. The van der Waals surface area contributed by atoms with Gasteiger partial charge in [-0.25, -0.2) is 14.5 Å². The third kappa shape index (κ3) is 3.37. The van der Waals surface area contributed by atoms with Crippen LogP contribution < -0.4 is 0 Å². The normalized spacial score (nSPS) is 30.3. The first-order chi connectivity index (χ1) is 11.1. The predicted molar refractivity (Wildman–Crippen MR) is 80.6 cm³/mol. The molecule has 134 valence electrons. The van der Waals surface area contributed by atoms with Crippen LogP contribution in [0.3, 0.4) is 0 Å². The fourth-order valence-corrected chi connectivity index (χ4v) is 3.27. The summed E-state index contributed by atoms with van der Waals surface area (Å²) in [5.74, 6) is -3.44. The number of carbonyl (C=O) groups excluding carboxylic acids is 4. The van der Waals surface area contributed by atoms with Gasteiger partial charge in [0.2, 0.25) is 5.91 Å². The standard InChI is InChI=1S/C16H23NO7/c1-8-7-23-10(18)6-9-11(8)13(19)17(12(9)14(20)22-5)15(21)24-16(2,3)4/h8-9,11-12H,6-7H2,1-5H3/t8-,9-,11+,12-/m0/s1. The van der Waals surface area contributed by atoms with Crippen molar-refractivity contribution in [3.05, 3.63) is 0 Å². The van der Waals surface area contributed by atoms with Gasteiger partial charge in [0.1, 0.15) is 11.6 Å². The van der Waals surface area contributed by atoms with Gasteiger partial charge in [-0.15, -0.1) is 0 Å². The first-order valence-corrected chi connectivity index (χ1v) is 7.86. The van der Waals surface area contributed by atoms with Crippen LogP contribution in [0.2, 0.25) is 0 Å². The fraction of sp³-hybridized carbons (Fsp3) is 0.750. The van der Waals surface area contributed by atoms with E-state index in [0.29, 0.717) is 0 Å². The van der Waals surface area contributed by atoms with Crippen molar-refractivity contribution in [2.24, 2.45) is 17.8 Å². The number of nitrogens with zero attached hydrogens (tertiary/aromatic N) is 1. The minimum atomic E-state index is -1.18. The maximum absolute atomic E-state index is 12.8. The molecule has 2 fully saturated rings. The van der Waals surface area contributed by atoms with E-state index in [-0.39, 0.29) is 18.9 Å². The number of fused-ring (bicyclic) bond motifs is 1. The Labute approximate surface area is 140 Å². The molecule has 0 radical (unpaired) electrons. The number of amides is 2. The molecule has 0 aliphatic carbocycles. The first kappa shape index (κ1) is 18.2. The number of hydrogen-bond donors (Lipinski definition) is 0.